The van der Waals surface area contributed by atoms with Crippen LogP contribution in [0.1, 0.15) is 51.5 Å². The Hall–Kier alpha value is -1.92. The van der Waals surface area contributed by atoms with Crippen molar-refractivity contribution in [1.29, 1.82) is 0 Å². The Balaban J connectivity index is 1.44. The summed E-state index contributed by atoms with van der Waals surface area (Å²) in [6.07, 6.45) is 6.95. The number of carbonyl (C=O) groups is 2. The van der Waals surface area contributed by atoms with E-state index >= 15 is 0 Å². The lowest BCUT2D eigenvalue weighted by atomic mass is 9.94. The maximum atomic E-state index is 13.0. The number of para-hydroxylation sites is 1. The van der Waals surface area contributed by atoms with Crippen LogP contribution < -0.4 is 5.32 Å². The lowest BCUT2D eigenvalue weighted by molar-refractivity contribution is -0.138. The fraction of sp³-hybridized carbons (Fsp3) is 0.667. The minimum atomic E-state index is -0.0932. The van der Waals surface area contributed by atoms with Crippen LogP contribution in [-0.4, -0.2) is 78.4 Å². The van der Waals surface area contributed by atoms with Gasteiger partial charge in [-0.05, 0) is 37.8 Å². The van der Waals surface area contributed by atoms with Crippen LogP contribution in [0.5, 0.6) is 0 Å². The molecule has 0 aromatic heterocycles. The normalized spacial score (nSPS) is 20.0. The molecule has 2 aliphatic rings. The molecular formula is C24H38N4O2. The van der Waals surface area contributed by atoms with Crippen molar-refractivity contribution in [1.82, 2.24) is 14.7 Å². The first-order chi connectivity index (χ1) is 14.5. The van der Waals surface area contributed by atoms with E-state index in [2.05, 4.69) is 28.1 Å². The number of piperazine rings is 1. The number of hydrogen-bond donors (Lipinski definition) is 1. The molecule has 2 fully saturated rings. The molecule has 30 heavy (non-hydrogen) atoms. The summed E-state index contributed by atoms with van der Waals surface area (Å²) in [5, 5.41) is 3.06. The van der Waals surface area contributed by atoms with E-state index in [4.69, 9.17) is 0 Å². The highest BCUT2D eigenvalue weighted by molar-refractivity contribution is 5.93. The van der Waals surface area contributed by atoms with Crippen LogP contribution in [0.25, 0.3) is 0 Å². The Morgan fingerprint density at radius 1 is 1.10 bits per heavy atom. The Morgan fingerprint density at radius 2 is 1.77 bits per heavy atom. The van der Waals surface area contributed by atoms with Crippen molar-refractivity contribution in [2.45, 2.75) is 64.5 Å². The standard InChI is InChI=1S/C24H38N4O2/c1-4-20-10-8-9-13-22(20)25-23(29)18-27-14-16-28(17-15-27)19(2)24(30)26(3)21-11-6-5-7-12-21/h8-10,13,19,21H,4-7,11-12,14-18H2,1-3H3,(H,25,29)/t19-/m1/s1. The number of anilines is 1. The van der Waals surface area contributed by atoms with Gasteiger partial charge in [-0.1, -0.05) is 44.4 Å². The van der Waals surface area contributed by atoms with Crippen molar-refractivity contribution in [2.24, 2.45) is 0 Å². The van der Waals surface area contributed by atoms with Gasteiger partial charge in [-0.25, -0.2) is 0 Å². The Morgan fingerprint density at radius 3 is 2.43 bits per heavy atom. The molecule has 1 saturated heterocycles. The zero-order chi connectivity index (χ0) is 21.5. The Kier molecular flexibility index (Phi) is 8.28. The highest BCUT2D eigenvalue weighted by Gasteiger charge is 2.31. The summed E-state index contributed by atoms with van der Waals surface area (Å²) in [6, 6.07) is 8.29. The number of likely N-dealkylation sites (N-methyl/N-ethyl adjacent to an activating group) is 1. The van der Waals surface area contributed by atoms with Crippen molar-refractivity contribution in [3.05, 3.63) is 29.8 Å². The minimum absolute atomic E-state index is 0.0329. The second-order valence-electron chi connectivity index (χ2n) is 8.79. The molecule has 166 valence electrons. The van der Waals surface area contributed by atoms with Gasteiger partial charge in [-0.3, -0.25) is 19.4 Å². The Labute approximate surface area is 181 Å². The van der Waals surface area contributed by atoms with Gasteiger partial charge in [0.25, 0.3) is 0 Å². The predicted octanol–water partition coefficient (Wildman–Crippen LogP) is 2.98. The quantitative estimate of drug-likeness (QED) is 0.745. The molecule has 0 bridgehead atoms. The first-order valence-electron chi connectivity index (χ1n) is 11.6. The molecule has 1 aromatic carbocycles. The predicted molar refractivity (Wildman–Crippen MR) is 122 cm³/mol. The van der Waals surface area contributed by atoms with Gasteiger partial charge >= 0.3 is 0 Å². The van der Waals surface area contributed by atoms with Crippen LogP contribution in [0, 0.1) is 0 Å². The number of benzene rings is 1. The van der Waals surface area contributed by atoms with Crippen molar-refractivity contribution < 1.29 is 9.59 Å². The van der Waals surface area contributed by atoms with E-state index in [0.29, 0.717) is 12.6 Å². The monoisotopic (exact) mass is 414 g/mol. The average molecular weight is 415 g/mol. The summed E-state index contributed by atoms with van der Waals surface area (Å²) < 4.78 is 0. The zero-order valence-corrected chi connectivity index (χ0v) is 18.9. The summed E-state index contributed by atoms with van der Waals surface area (Å²) in [6.45, 7) is 7.80. The molecular weight excluding hydrogens is 376 g/mol. The van der Waals surface area contributed by atoms with Crippen LogP contribution in [0.4, 0.5) is 5.69 Å². The third-order valence-electron chi connectivity index (χ3n) is 6.82. The van der Waals surface area contributed by atoms with Crippen molar-refractivity contribution >= 4 is 17.5 Å². The third kappa shape index (κ3) is 5.82. The molecule has 1 heterocycles. The number of hydrogen-bond acceptors (Lipinski definition) is 4. The van der Waals surface area contributed by atoms with E-state index in [1.54, 1.807) is 0 Å². The molecule has 6 nitrogen and oxygen atoms in total. The zero-order valence-electron chi connectivity index (χ0n) is 18.9. The number of amides is 2. The molecule has 1 aromatic rings. The molecule has 1 atom stereocenters. The van der Waals surface area contributed by atoms with Gasteiger partial charge in [0, 0.05) is 45.0 Å². The minimum Gasteiger partial charge on any atom is -0.341 e. The topological polar surface area (TPSA) is 55.9 Å². The molecule has 1 N–H and O–H groups in total. The molecule has 0 unspecified atom stereocenters. The van der Waals surface area contributed by atoms with Crippen molar-refractivity contribution in [3.63, 3.8) is 0 Å². The molecule has 0 radical (unpaired) electrons. The maximum Gasteiger partial charge on any atom is 0.239 e. The summed E-state index contributed by atoms with van der Waals surface area (Å²) >= 11 is 0. The average Bonchev–Trinajstić information content (AvgIpc) is 2.79. The number of nitrogens with one attached hydrogen (secondary N) is 1. The van der Waals surface area contributed by atoms with Crippen LogP contribution in [0.3, 0.4) is 0 Å². The molecule has 6 heteroatoms. The van der Waals surface area contributed by atoms with Gasteiger partial charge in [0.05, 0.1) is 12.6 Å². The first-order valence-corrected chi connectivity index (χ1v) is 11.6. The fourth-order valence-electron chi connectivity index (χ4n) is 4.75. The summed E-state index contributed by atoms with van der Waals surface area (Å²) in [5.74, 6) is 0.273. The SMILES string of the molecule is CCc1ccccc1NC(=O)CN1CCN([C@H](C)C(=O)N(C)C2CCCCC2)CC1. The lowest BCUT2D eigenvalue weighted by Gasteiger charge is -2.40. The van der Waals surface area contributed by atoms with E-state index in [1.807, 2.05) is 37.1 Å². The van der Waals surface area contributed by atoms with Gasteiger partial charge in [0.2, 0.25) is 11.8 Å². The second-order valence-corrected chi connectivity index (χ2v) is 8.79. The second kappa shape index (κ2) is 10.9. The van der Waals surface area contributed by atoms with Gasteiger partial charge in [-0.15, -0.1) is 0 Å². The number of carbonyl (C=O) groups excluding carboxylic acids is 2. The molecule has 0 spiro atoms. The van der Waals surface area contributed by atoms with Gasteiger partial charge in [0.1, 0.15) is 0 Å². The van der Waals surface area contributed by atoms with Gasteiger partial charge in [0.15, 0.2) is 0 Å². The first kappa shape index (κ1) is 22.8. The van der Waals surface area contributed by atoms with E-state index < -0.39 is 0 Å². The molecule has 3 rings (SSSR count). The number of nitrogens with zero attached hydrogens (tertiary/aromatic N) is 3. The van der Waals surface area contributed by atoms with E-state index in [9.17, 15) is 9.59 Å². The van der Waals surface area contributed by atoms with Crippen LogP contribution >= 0.6 is 0 Å². The fourth-order valence-corrected chi connectivity index (χ4v) is 4.75. The maximum absolute atomic E-state index is 13.0. The lowest BCUT2D eigenvalue weighted by Crippen LogP contribution is -2.56. The van der Waals surface area contributed by atoms with Crippen molar-refractivity contribution in [3.8, 4) is 0 Å². The molecule has 2 amide bonds. The molecule has 1 saturated carbocycles. The number of rotatable bonds is 7. The van der Waals surface area contributed by atoms with Gasteiger partial charge in [-0.2, -0.15) is 0 Å². The Bertz CT molecular complexity index is 709. The third-order valence-corrected chi connectivity index (χ3v) is 6.82. The van der Waals surface area contributed by atoms with Crippen LogP contribution in [0.15, 0.2) is 24.3 Å². The summed E-state index contributed by atoms with van der Waals surface area (Å²) in [4.78, 5) is 31.9. The highest BCUT2D eigenvalue weighted by atomic mass is 16.2. The largest absolute Gasteiger partial charge is 0.341 e. The smallest absolute Gasteiger partial charge is 0.239 e. The van der Waals surface area contributed by atoms with E-state index in [-0.39, 0.29) is 17.9 Å². The molecule has 1 aliphatic carbocycles. The van der Waals surface area contributed by atoms with Gasteiger partial charge < -0.3 is 10.2 Å². The van der Waals surface area contributed by atoms with Crippen LogP contribution in [0.2, 0.25) is 0 Å². The summed E-state index contributed by atoms with van der Waals surface area (Å²) in [7, 11) is 1.98. The van der Waals surface area contributed by atoms with Crippen LogP contribution in [-0.2, 0) is 16.0 Å². The number of aryl methyl sites for hydroxylation is 1. The highest BCUT2D eigenvalue weighted by Crippen LogP contribution is 2.23. The van der Waals surface area contributed by atoms with Crippen molar-refractivity contribution in [2.75, 3.05) is 45.1 Å². The molecule has 1 aliphatic heterocycles. The van der Waals surface area contributed by atoms with E-state index in [0.717, 1.165) is 56.7 Å². The van der Waals surface area contributed by atoms with E-state index in [1.165, 1.54) is 19.3 Å². The summed E-state index contributed by atoms with van der Waals surface area (Å²) in [5.41, 5.74) is 2.07.